The first kappa shape index (κ1) is 12.4. The Labute approximate surface area is 106 Å². The lowest BCUT2D eigenvalue weighted by molar-refractivity contribution is 0.440. The molecule has 2 aromatic rings. The second-order valence-electron chi connectivity index (χ2n) is 3.92. The van der Waals surface area contributed by atoms with Gasteiger partial charge in [-0.05, 0) is 31.5 Å². The van der Waals surface area contributed by atoms with E-state index in [-0.39, 0.29) is 0 Å². The van der Waals surface area contributed by atoms with Crippen LogP contribution in [0.5, 0.6) is 11.6 Å². The van der Waals surface area contributed by atoms with Crippen LogP contribution in [0.15, 0.2) is 24.4 Å². The molecule has 2 aromatic heterocycles. The number of nitrogens with two attached hydrogens (primary N) is 1. The van der Waals surface area contributed by atoms with Crippen LogP contribution in [0.1, 0.15) is 23.9 Å². The summed E-state index contributed by atoms with van der Waals surface area (Å²) in [4.78, 5) is 4.44. The monoisotopic (exact) mass is 244 g/mol. The van der Waals surface area contributed by atoms with Gasteiger partial charge in [-0.1, -0.05) is 6.92 Å². The Morgan fingerprint density at radius 2 is 2.11 bits per heavy atom. The molecule has 0 saturated heterocycles. The summed E-state index contributed by atoms with van der Waals surface area (Å²) in [6.07, 6.45) is 2.40. The van der Waals surface area contributed by atoms with E-state index in [1.54, 1.807) is 12.3 Å². The van der Waals surface area contributed by atoms with Crippen molar-refractivity contribution >= 4 is 0 Å². The molecule has 94 valence electrons. The van der Waals surface area contributed by atoms with Gasteiger partial charge in [0, 0.05) is 17.8 Å². The molecule has 18 heavy (non-hydrogen) atoms. The van der Waals surface area contributed by atoms with Crippen molar-refractivity contribution in [2.75, 3.05) is 0 Å². The lowest BCUT2D eigenvalue weighted by Gasteiger charge is -2.10. The number of ether oxygens (including phenoxy) is 1. The predicted molar refractivity (Wildman–Crippen MR) is 68.3 cm³/mol. The first-order valence-corrected chi connectivity index (χ1v) is 5.89. The van der Waals surface area contributed by atoms with Gasteiger partial charge < -0.3 is 10.5 Å². The molecule has 0 aliphatic heterocycles. The van der Waals surface area contributed by atoms with Gasteiger partial charge in [-0.2, -0.15) is 5.10 Å². The second kappa shape index (κ2) is 5.55. The van der Waals surface area contributed by atoms with Crippen LogP contribution in [0.2, 0.25) is 0 Å². The zero-order valence-corrected chi connectivity index (χ0v) is 10.6. The van der Waals surface area contributed by atoms with E-state index >= 15 is 0 Å². The van der Waals surface area contributed by atoms with E-state index in [9.17, 15) is 0 Å². The van der Waals surface area contributed by atoms with Crippen molar-refractivity contribution in [1.82, 2.24) is 15.2 Å². The molecule has 0 aliphatic rings. The van der Waals surface area contributed by atoms with E-state index < -0.39 is 0 Å². The molecular weight excluding hydrogens is 228 g/mol. The minimum absolute atomic E-state index is 0.367. The van der Waals surface area contributed by atoms with Gasteiger partial charge in [0.25, 0.3) is 0 Å². The zero-order chi connectivity index (χ0) is 13.0. The van der Waals surface area contributed by atoms with Gasteiger partial charge >= 0.3 is 0 Å². The Hall–Kier alpha value is -2.01. The van der Waals surface area contributed by atoms with Gasteiger partial charge in [0.1, 0.15) is 0 Å². The van der Waals surface area contributed by atoms with E-state index in [1.165, 1.54) is 0 Å². The third-order valence-corrected chi connectivity index (χ3v) is 2.60. The zero-order valence-electron chi connectivity index (χ0n) is 10.6. The van der Waals surface area contributed by atoms with Gasteiger partial charge in [0.2, 0.25) is 5.88 Å². The fourth-order valence-corrected chi connectivity index (χ4v) is 1.63. The fraction of sp³-hybridized carbons (Fsp3) is 0.308. The summed E-state index contributed by atoms with van der Waals surface area (Å²) < 4.78 is 5.76. The largest absolute Gasteiger partial charge is 0.435 e. The Bertz CT molecular complexity index is 542. The maximum atomic E-state index is 5.76. The van der Waals surface area contributed by atoms with Gasteiger partial charge in [0.15, 0.2) is 5.75 Å². The summed E-state index contributed by atoms with van der Waals surface area (Å²) in [6.45, 7) is 4.36. The average Bonchev–Trinajstić information content (AvgIpc) is 2.41. The summed E-state index contributed by atoms with van der Waals surface area (Å²) in [7, 11) is 0. The van der Waals surface area contributed by atoms with Crippen molar-refractivity contribution in [3.63, 3.8) is 0 Å². The third-order valence-electron chi connectivity index (χ3n) is 2.60. The molecule has 2 N–H and O–H groups in total. The standard InChI is InChI=1S/C13H16N4O/c1-3-11-12(5-4-9(2)16-11)18-13-10(8-14)6-7-15-17-13/h4-7H,3,8,14H2,1-2H3. The number of rotatable bonds is 4. The number of aromatic nitrogens is 3. The van der Waals surface area contributed by atoms with E-state index in [2.05, 4.69) is 15.2 Å². The van der Waals surface area contributed by atoms with Crippen LogP contribution in [-0.2, 0) is 13.0 Å². The van der Waals surface area contributed by atoms with Gasteiger partial charge in [-0.25, -0.2) is 0 Å². The molecule has 2 heterocycles. The summed E-state index contributed by atoms with van der Waals surface area (Å²) in [5.74, 6) is 1.15. The molecule has 0 radical (unpaired) electrons. The Morgan fingerprint density at radius 1 is 1.28 bits per heavy atom. The van der Waals surface area contributed by atoms with Crippen LogP contribution in [-0.4, -0.2) is 15.2 Å². The summed E-state index contributed by atoms with van der Waals surface area (Å²) in [5.41, 5.74) is 8.34. The number of nitrogens with zero attached hydrogens (tertiary/aromatic N) is 3. The molecule has 0 saturated carbocycles. The van der Waals surface area contributed by atoms with Crippen molar-refractivity contribution in [3.05, 3.63) is 41.3 Å². The van der Waals surface area contributed by atoms with Crippen LogP contribution >= 0.6 is 0 Å². The predicted octanol–water partition coefficient (Wildman–Crippen LogP) is 1.99. The number of pyridine rings is 1. The number of hydrogen-bond donors (Lipinski definition) is 1. The molecule has 0 bridgehead atoms. The first-order chi connectivity index (χ1) is 8.74. The SMILES string of the molecule is CCc1nc(C)ccc1Oc1nnccc1CN. The lowest BCUT2D eigenvalue weighted by Crippen LogP contribution is -2.03. The molecule has 5 nitrogen and oxygen atoms in total. The minimum atomic E-state index is 0.367. The fourth-order valence-electron chi connectivity index (χ4n) is 1.63. The van der Waals surface area contributed by atoms with Crippen LogP contribution in [0, 0.1) is 6.92 Å². The molecular formula is C13H16N4O. The molecule has 0 spiro atoms. The van der Waals surface area contributed by atoms with E-state index in [1.807, 2.05) is 26.0 Å². The molecule has 0 aromatic carbocycles. The number of aryl methyl sites for hydroxylation is 2. The highest BCUT2D eigenvalue weighted by Crippen LogP contribution is 2.25. The van der Waals surface area contributed by atoms with Crippen molar-refractivity contribution in [2.45, 2.75) is 26.8 Å². The quantitative estimate of drug-likeness (QED) is 0.890. The summed E-state index contributed by atoms with van der Waals surface area (Å²) in [5, 5.41) is 7.77. The molecule has 0 atom stereocenters. The molecule has 0 aliphatic carbocycles. The van der Waals surface area contributed by atoms with Crippen molar-refractivity contribution in [1.29, 1.82) is 0 Å². The van der Waals surface area contributed by atoms with Crippen LogP contribution < -0.4 is 10.5 Å². The third kappa shape index (κ3) is 2.62. The van der Waals surface area contributed by atoms with E-state index in [4.69, 9.17) is 10.5 Å². The van der Waals surface area contributed by atoms with Crippen LogP contribution in [0.3, 0.4) is 0 Å². The highest BCUT2D eigenvalue weighted by molar-refractivity contribution is 5.35. The van der Waals surface area contributed by atoms with Crippen LogP contribution in [0.25, 0.3) is 0 Å². The van der Waals surface area contributed by atoms with E-state index in [0.717, 1.165) is 23.4 Å². The normalized spacial score (nSPS) is 10.4. The minimum Gasteiger partial charge on any atom is -0.435 e. The van der Waals surface area contributed by atoms with Gasteiger partial charge in [-0.15, -0.1) is 5.10 Å². The maximum Gasteiger partial charge on any atom is 0.243 e. The summed E-state index contributed by atoms with van der Waals surface area (Å²) in [6, 6.07) is 5.61. The van der Waals surface area contributed by atoms with Crippen molar-refractivity contribution in [3.8, 4) is 11.6 Å². The second-order valence-corrected chi connectivity index (χ2v) is 3.92. The van der Waals surface area contributed by atoms with E-state index in [0.29, 0.717) is 18.2 Å². The molecule has 0 amide bonds. The molecule has 2 rings (SSSR count). The highest BCUT2D eigenvalue weighted by atomic mass is 16.5. The Morgan fingerprint density at radius 3 is 2.83 bits per heavy atom. The Kier molecular flexibility index (Phi) is 3.84. The molecule has 0 fully saturated rings. The first-order valence-electron chi connectivity index (χ1n) is 5.89. The lowest BCUT2D eigenvalue weighted by atomic mass is 10.2. The smallest absolute Gasteiger partial charge is 0.243 e. The topological polar surface area (TPSA) is 73.9 Å². The summed E-state index contributed by atoms with van der Waals surface area (Å²) >= 11 is 0. The molecule has 5 heteroatoms. The number of hydrogen-bond acceptors (Lipinski definition) is 5. The van der Waals surface area contributed by atoms with Gasteiger partial charge in [-0.3, -0.25) is 4.98 Å². The van der Waals surface area contributed by atoms with Crippen LogP contribution in [0.4, 0.5) is 0 Å². The van der Waals surface area contributed by atoms with Crippen molar-refractivity contribution < 1.29 is 4.74 Å². The maximum absolute atomic E-state index is 5.76. The Balaban J connectivity index is 2.33. The van der Waals surface area contributed by atoms with Crippen molar-refractivity contribution in [2.24, 2.45) is 5.73 Å². The average molecular weight is 244 g/mol. The molecule has 0 unspecified atom stereocenters. The van der Waals surface area contributed by atoms with Gasteiger partial charge in [0.05, 0.1) is 11.9 Å². The highest BCUT2D eigenvalue weighted by Gasteiger charge is 2.09.